The minimum absolute atomic E-state index is 0.00404. The van der Waals surface area contributed by atoms with Gasteiger partial charge in [-0.05, 0) is 18.8 Å². The lowest BCUT2D eigenvalue weighted by Gasteiger charge is -2.32. The zero-order valence-electron chi connectivity index (χ0n) is 10.8. The Hall–Kier alpha value is -0.650. The minimum Gasteiger partial charge on any atom is -0.378 e. The molecule has 100 valence electrons. The molecular weight excluding hydrogens is 220 g/mol. The summed E-state index contributed by atoms with van der Waals surface area (Å²) in [5.74, 6) is 0.140. The number of amides is 1. The lowest BCUT2D eigenvalue weighted by atomic mass is 9.95. The van der Waals surface area contributed by atoms with Gasteiger partial charge >= 0.3 is 0 Å². The Morgan fingerprint density at radius 1 is 1.59 bits per heavy atom. The van der Waals surface area contributed by atoms with Crippen LogP contribution >= 0.6 is 0 Å². The Balaban J connectivity index is 2.08. The summed E-state index contributed by atoms with van der Waals surface area (Å²) in [6.07, 6.45) is 2.44. The Labute approximate surface area is 103 Å². The Morgan fingerprint density at radius 2 is 2.35 bits per heavy atom. The molecule has 1 amide bonds. The molecule has 17 heavy (non-hydrogen) atoms. The maximum absolute atomic E-state index is 10.4. The number of hydrogen-bond acceptors (Lipinski definition) is 4. The monoisotopic (exact) mass is 244 g/mol. The first-order valence-electron chi connectivity index (χ1n) is 6.30. The summed E-state index contributed by atoms with van der Waals surface area (Å²) in [6.45, 7) is 6.47. The lowest BCUT2D eigenvalue weighted by Crippen LogP contribution is -2.42. The predicted molar refractivity (Wildman–Crippen MR) is 65.6 cm³/mol. The van der Waals surface area contributed by atoms with E-state index < -0.39 is 5.91 Å². The number of hydrogen-bond donors (Lipinski definition) is 2. The molecule has 1 aliphatic rings. The number of nitrogens with one attached hydrogen (secondary N) is 1. The molecule has 1 rings (SSSR count). The third kappa shape index (κ3) is 6.00. The van der Waals surface area contributed by atoms with E-state index in [-0.39, 0.29) is 6.61 Å². The summed E-state index contributed by atoms with van der Waals surface area (Å²) >= 11 is 0. The molecule has 0 aromatic rings. The fourth-order valence-electron chi connectivity index (χ4n) is 1.99. The zero-order valence-corrected chi connectivity index (χ0v) is 10.8. The molecule has 1 fully saturated rings. The van der Waals surface area contributed by atoms with E-state index in [2.05, 4.69) is 19.2 Å². The molecule has 0 aromatic heterocycles. The number of ether oxygens (including phenoxy) is 2. The fourth-order valence-corrected chi connectivity index (χ4v) is 1.99. The fraction of sp³-hybridized carbons (Fsp3) is 0.917. The highest BCUT2D eigenvalue weighted by Gasteiger charge is 2.24. The Morgan fingerprint density at radius 3 is 3.00 bits per heavy atom. The predicted octanol–water partition coefficient (Wildman–Crippen LogP) is 0.282. The van der Waals surface area contributed by atoms with Gasteiger partial charge in [-0.2, -0.15) is 0 Å². The van der Waals surface area contributed by atoms with Gasteiger partial charge in [0, 0.05) is 19.2 Å². The van der Waals surface area contributed by atoms with Crippen molar-refractivity contribution in [2.24, 2.45) is 11.7 Å². The topological polar surface area (TPSA) is 73.6 Å². The van der Waals surface area contributed by atoms with Gasteiger partial charge in [-0.3, -0.25) is 4.79 Å². The Kier molecular flexibility index (Phi) is 6.47. The van der Waals surface area contributed by atoms with E-state index in [1.807, 2.05) is 0 Å². The van der Waals surface area contributed by atoms with E-state index in [1.54, 1.807) is 0 Å². The molecule has 5 heteroatoms. The largest absolute Gasteiger partial charge is 0.378 e. The third-order valence-electron chi connectivity index (χ3n) is 2.98. The van der Waals surface area contributed by atoms with Gasteiger partial charge in [-0.15, -0.1) is 0 Å². The number of rotatable bonds is 7. The molecule has 5 nitrogen and oxygen atoms in total. The summed E-state index contributed by atoms with van der Waals surface area (Å²) in [7, 11) is 0. The van der Waals surface area contributed by atoms with Crippen LogP contribution in [0.25, 0.3) is 0 Å². The van der Waals surface area contributed by atoms with Gasteiger partial charge in [-0.1, -0.05) is 13.8 Å². The zero-order chi connectivity index (χ0) is 12.7. The summed E-state index contributed by atoms with van der Waals surface area (Å²) in [5.41, 5.74) is 4.97. The van der Waals surface area contributed by atoms with Crippen LogP contribution in [-0.4, -0.2) is 44.4 Å². The highest BCUT2D eigenvalue weighted by Crippen LogP contribution is 2.19. The average Bonchev–Trinajstić information content (AvgIpc) is 2.28. The van der Waals surface area contributed by atoms with E-state index in [4.69, 9.17) is 15.2 Å². The molecule has 0 spiro atoms. The molecule has 1 aliphatic heterocycles. The van der Waals surface area contributed by atoms with Crippen LogP contribution in [0.3, 0.4) is 0 Å². The highest BCUT2D eigenvalue weighted by atomic mass is 16.5. The highest BCUT2D eigenvalue weighted by molar-refractivity contribution is 5.74. The van der Waals surface area contributed by atoms with Crippen LogP contribution in [0.4, 0.5) is 0 Å². The number of carbonyl (C=O) groups excluding carboxylic acids is 1. The molecule has 0 aromatic carbocycles. The standard InChI is InChI=1S/C12H24N2O3/c1-9(2)11-7-10(3-5-17-11)14-4-6-16-8-12(13)15/h9-11,14H,3-8H2,1-2H3,(H2,13,15). The first kappa shape index (κ1) is 14.4. The van der Waals surface area contributed by atoms with E-state index in [1.165, 1.54) is 0 Å². The van der Waals surface area contributed by atoms with Gasteiger partial charge in [0.25, 0.3) is 0 Å². The molecule has 2 atom stereocenters. The van der Waals surface area contributed by atoms with E-state index in [9.17, 15) is 4.79 Å². The van der Waals surface area contributed by atoms with Crippen LogP contribution < -0.4 is 11.1 Å². The van der Waals surface area contributed by atoms with Gasteiger partial charge in [-0.25, -0.2) is 0 Å². The first-order chi connectivity index (χ1) is 8.09. The molecule has 0 radical (unpaired) electrons. The molecule has 1 saturated heterocycles. The molecule has 1 heterocycles. The maximum atomic E-state index is 10.4. The van der Waals surface area contributed by atoms with E-state index >= 15 is 0 Å². The van der Waals surface area contributed by atoms with E-state index in [0.29, 0.717) is 24.7 Å². The van der Waals surface area contributed by atoms with Gasteiger partial charge in [0.05, 0.1) is 12.7 Å². The molecule has 3 N–H and O–H groups in total. The summed E-state index contributed by atoms with van der Waals surface area (Å²) in [5, 5.41) is 3.42. The van der Waals surface area contributed by atoms with Gasteiger partial charge < -0.3 is 20.5 Å². The van der Waals surface area contributed by atoms with Crippen LogP contribution in [0.2, 0.25) is 0 Å². The molecule has 0 aliphatic carbocycles. The van der Waals surface area contributed by atoms with Gasteiger partial charge in [0.1, 0.15) is 6.61 Å². The smallest absolute Gasteiger partial charge is 0.243 e. The number of nitrogens with two attached hydrogens (primary N) is 1. The first-order valence-corrected chi connectivity index (χ1v) is 6.30. The van der Waals surface area contributed by atoms with Crippen LogP contribution in [0, 0.1) is 5.92 Å². The number of carbonyl (C=O) groups is 1. The second-order valence-electron chi connectivity index (χ2n) is 4.85. The van der Waals surface area contributed by atoms with Gasteiger partial charge in [0.15, 0.2) is 0 Å². The van der Waals surface area contributed by atoms with Crippen molar-refractivity contribution in [2.45, 2.75) is 38.8 Å². The maximum Gasteiger partial charge on any atom is 0.243 e. The second-order valence-corrected chi connectivity index (χ2v) is 4.85. The van der Waals surface area contributed by atoms with Crippen molar-refractivity contribution in [1.29, 1.82) is 0 Å². The molecule has 2 unspecified atom stereocenters. The van der Waals surface area contributed by atoms with Crippen molar-refractivity contribution in [1.82, 2.24) is 5.32 Å². The summed E-state index contributed by atoms with van der Waals surface area (Å²) < 4.78 is 10.8. The number of primary amides is 1. The van der Waals surface area contributed by atoms with Crippen molar-refractivity contribution in [3.8, 4) is 0 Å². The molecular formula is C12H24N2O3. The minimum atomic E-state index is -0.420. The van der Waals surface area contributed by atoms with Gasteiger partial charge in [0.2, 0.25) is 5.91 Å². The normalized spacial score (nSPS) is 25.1. The summed E-state index contributed by atoms with van der Waals surface area (Å²) in [6, 6.07) is 0.494. The van der Waals surface area contributed by atoms with Crippen molar-refractivity contribution >= 4 is 5.91 Å². The SMILES string of the molecule is CC(C)C1CC(NCCOCC(N)=O)CCO1. The third-order valence-corrected chi connectivity index (χ3v) is 2.98. The summed E-state index contributed by atoms with van der Waals surface area (Å²) in [4.78, 5) is 10.4. The van der Waals surface area contributed by atoms with Crippen LogP contribution in [0.15, 0.2) is 0 Å². The van der Waals surface area contributed by atoms with Crippen molar-refractivity contribution in [3.63, 3.8) is 0 Å². The van der Waals surface area contributed by atoms with Crippen molar-refractivity contribution < 1.29 is 14.3 Å². The second kappa shape index (κ2) is 7.63. The van der Waals surface area contributed by atoms with Crippen LogP contribution in [0.1, 0.15) is 26.7 Å². The van der Waals surface area contributed by atoms with Crippen molar-refractivity contribution in [3.05, 3.63) is 0 Å². The van der Waals surface area contributed by atoms with Crippen LogP contribution in [-0.2, 0) is 14.3 Å². The lowest BCUT2D eigenvalue weighted by molar-refractivity contribution is -0.122. The average molecular weight is 244 g/mol. The molecule has 0 saturated carbocycles. The van der Waals surface area contributed by atoms with Crippen molar-refractivity contribution in [2.75, 3.05) is 26.4 Å². The molecule has 0 bridgehead atoms. The Bertz CT molecular complexity index is 234. The van der Waals surface area contributed by atoms with E-state index in [0.717, 1.165) is 26.0 Å². The van der Waals surface area contributed by atoms with Crippen LogP contribution in [0.5, 0.6) is 0 Å². The quantitative estimate of drug-likeness (QED) is 0.631.